The van der Waals surface area contributed by atoms with Gasteiger partial charge in [-0.1, -0.05) is 50.2 Å². The summed E-state index contributed by atoms with van der Waals surface area (Å²) in [4.78, 5) is 0. The average Bonchev–Trinajstić information content (AvgIpc) is 3.00. The maximum atomic E-state index is 12.6. The van der Waals surface area contributed by atoms with Crippen LogP contribution in [0.25, 0.3) is 10.9 Å². The zero-order chi connectivity index (χ0) is 22.2. The Bertz CT molecular complexity index is 1120. The first-order valence-electron chi connectivity index (χ1n) is 9.39. The molecule has 2 aromatic carbocycles. The van der Waals surface area contributed by atoms with Gasteiger partial charge in [-0.2, -0.15) is 18.3 Å². The van der Waals surface area contributed by atoms with Crippen molar-refractivity contribution in [2.45, 2.75) is 25.9 Å². The summed E-state index contributed by atoms with van der Waals surface area (Å²) < 4.78 is 65.5. The summed E-state index contributed by atoms with van der Waals surface area (Å²) >= 11 is 0. The van der Waals surface area contributed by atoms with Crippen molar-refractivity contribution >= 4 is 20.9 Å². The van der Waals surface area contributed by atoms with Gasteiger partial charge in [-0.3, -0.25) is 4.68 Å². The van der Waals surface area contributed by atoms with Gasteiger partial charge in [0.2, 0.25) is 10.0 Å². The van der Waals surface area contributed by atoms with Crippen LogP contribution in [-0.4, -0.2) is 36.7 Å². The van der Waals surface area contributed by atoms with Gasteiger partial charge in [0.15, 0.2) is 5.75 Å². The van der Waals surface area contributed by atoms with Gasteiger partial charge < -0.3 is 0 Å². The highest BCUT2D eigenvalue weighted by atomic mass is 32.2. The van der Waals surface area contributed by atoms with E-state index in [0.29, 0.717) is 0 Å². The molecule has 1 unspecified atom stereocenters. The van der Waals surface area contributed by atoms with Gasteiger partial charge in [-0.25, -0.2) is 13.1 Å². The van der Waals surface area contributed by atoms with Gasteiger partial charge in [-0.15, -0.1) is 0 Å². The molecule has 1 atom stereocenters. The summed E-state index contributed by atoms with van der Waals surface area (Å²) in [5.74, 6) is -2.15. The number of hydrogen-bond acceptors (Lipinski definition) is 3. The van der Waals surface area contributed by atoms with E-state index in [-0.39, 0.29) is 12.5 Å². The molecule has 162 valence electrons. The van der Waals surface area contributed by atoms with Crippen molar-refractivity contribution in [3.63, 3.8) is 0 Å². The third kappa shape index (κ3) is 5.20. The minimum atomic E-state index is -4.79. The minimum Gasteiger partial charge on any atom is -0.268 e. The average molecular weight is 440 g/mol. The van der Waals surface area contributed by atoms with Crippen LogP contribution in [0.1, 0.15) is 30.9 Å². The topological polar surface area (TPSA) is 64.0 Å². The number of rotatable bonds is 7. The van der Waals surface area contributed by atoms with Gasteiger partial charge in [0.25, 0.3) is 0 Å². The molecule has 1 heterocycles. The van der Waals surface area contributed by atoms with Gasteiger partial charge in [0.1, 0.15) is 0 Å². The smallest absolute Gasteiger partial charge is 0.268 e. The quantitative estimate of drug-likeness (QED) is 0.600. The van der Waals surface area contributed by atoms with E-state index in [1.807, 2.05) is 69.4 Å². The van der Waals surface area contributed by atoms with E-state index in [9.17, 15) is 21.6 Å². The lowest BCUT2D eigenvalue weighted by atomic mass is 9.71. The number of aryl methyl sites for hydroxylation is 1. The van der Waals surface area contributed by atoms with E-state index in [4.69, 9.17) is 0 Å². The van der Waals surface area contributed by atoms with Crippen molar-refractivity contribution in [2.75, 3.05) is 12.3 Å². The Morgan fingerprint density at radius 1 is 1.07 bits per heavy atom. The first-order chi connectivity index (χ1) is 13.9. The molecule has 1 aromatic heterocycles. The molecular weight excluding hydrogens is 415 g/mol. The van der Waals surface area contributed by atoms with Gasteiger partial charge in [0.05, 0.1) is 11.7 Å². The Balaban J connectivity index is 1.97. The number of sulfonamides is 1. The molecule has 3 rings (SSSR count). The second kappa shape index (κ2) is 8.03. The number of nitrogens with zero attached hydrogens (tertiary/aromatic N) is 2. The van der Waals surface area contributed by atoms with E-state index in [2.05, 4.69) is 9.82 Å². The van der Waals surface area contributed by atoms with Crippen LogP contribution in [0.15, 0.2) is 54.7 Å². The second-order valence-corrected chi connectivity index (χ2v) is 9.92. The predicted molar refractivity (Wildman–Crippen MR) is 111 cm³/mol. The second-order valence-electron chi connectivity index (χ2n) is 8.11. The molecule has 9 heteroatoms. The SMILES string of the molecule is Cn1ncc2cc(C(c3ccccc3)C(C)(C)CNS(=O)(=O)CC(F)(F)F)ccc21. The summed E-state index contributed by atoms with van der Waals surface area (Å²) in [5.41, 5.74) is 2.12. The number of nitrogens with one attached hydrogen (secondary N) is 1. The number of halogens is 3. The van der Waals surface area contributed by atoms with Crippen molar-refractivity contribution in [1.82, 2.24) is 14.5 Å². The summed E-state index contributed by atoms with van der Waals surface area (Å²) in [5, 5.41) is 5.19. The zero-order valence-electron chi connectivity index (χ0n) is 16.9. The summed E-state index contributed by atoms with van der Waals surface area (Å²) in [7, 11) is -2.65. The molecule has 0 aliphatic rings. The van der Waals surface area contributed by atoms with Gasteiger partial charge >= 0.3 is 6.18 Å². The minimum absolute atomic E-state index is 0.143. The Morgan fingerprint density at radius 3 is 2.37 bits per heavy atom. The van der Waals surface area contributed by atoms with Crippen LogP contribution in [0.3, 0.4) is 0 Å². The number of alkyl halides is 3. The normalized spacial score (nSPS) is 14.2. The van der Waals surface area contributed by atoms with Crippen molar-refractivity contribution in [3.05, 3.63) is 65.9 Å². The first kappa shape index (κ1) is 22.3. The highest BCUT2D eigenvalue weighted by Gasteiger charge is 2.38. The summed E-state index contributed by atoms with van der Waals surface area (Å²) in [6.07, 6.45) is -3.04. The van der Waals surface area contributed by atoms with Crippen LogP contribution in [0.2, 0.25) is 0 Å². The lowest BCUT2D eigenvalue weighted by Crippen LogP contribution is -2.41. The highest BCUT2D eigenvalue weighted by Crippen LogP contribution is 2.41. The van der Waals surface area contributed by atoms with E-state index in [0.717, 1.165) is 22.0 Å². The molecule has 30 heavy (non-hydrogen) atoms. The maximum absolute atomic E-state index is 12.6. The number of hydrogen-bond donors (Lipinski definition) is 1. The molecule has 0 aliphatic heterocycles. The molecule has 1 N–H and O–H groups in total. The Hall–Kier alpha value is -2.39. The van der Waals surface area contributed by atoms with E-state index in [1.165, 1.54) is 0 Å². The highest BCUT2D eigenvalue weighted by molar-refractivity contribution is 7.89. The van der Waals surface area contributed by atoms with Crippen molar-refractivity contribution in [3.8, 4) is 0 Å². The molecule has 3 aromatic rings. The fraction of sp³-hybridized carbons (Fsp3) is 0.381. The molecule has 5 nitrogen and oxygen atoms in total. The maximum Gasteiger partial charge on any atom is 0.404 e. The predicted octanol–water partition coefficient (Wildman–Crippen LogP) is 4.21. The van der Waals surface area contributed by atoms with Gasteiger partial charge in [-0.05, 0) is 28.7 Å². The van der Waals surface area contributed by atoms with Gasteiger partial charge in [0, 0.05) is 24.9 Å². The largest absolute Gasteiger partial charge is 0.404 e. The van der Waals surface area contributed by atoms with E-state index >= 15 is 0 Å². The van der Waals surface area contributed by atoms with Crippen LogP contribution in [0, 0.1) is 5.41 Å². The zero-order valence-corrected chi connectivity index (χ0v) is 17.8. The van der Waals surface area contributed by atoms with Crippen LogP contribution in [0.4, 0.5) is 13.2 Å². The van der Waals surface area contributed by atoms with Crippen LogP contribution >= 0.6 is 0 Å². The number of benzene rings is 2. The lowest BCUT2D eigenvalue weighted by molar-refractivity contribution is -0.106. The molecule has 0 fully saturated rings. The monoisotopic (exact) mass is 439 g/mol. The van der Waals surface area contributed by atoms with Crippen LogP contribution in [-0.2, 0) is 17.1 Å². The fourth-order valence-electron chi connectivity index (χ4n) is 3.77. The molecular formula is C21H24F3N3O2S. The van der Waals surface area contributed by atoms with Crippen LogP contribution in [0.5, 0.6) is 0 Å². The standard InChI is InChI=1S/C21H24F3N3O2S/c1-20(2,13-26-30(28,29)14-21(22,23)24)19(15-7-5-4-6-8-15)16-9-10-18-17(11-16)12-25-27(18)3/h4-12,19,26H,13-14H2,1-3H3. The van der Waals surface area contributed by atoms with Crippen molar-refractivity contribution in [1.29, 1.82) is 0 Å². The Kier molecular flexibility index (Phi) is 5.97. The Morgan fingerprint density at radius 2 is 1.73 bits per heavy atom. The number of fused-ring (bicyclic) bond motifs is 1. The fourth-order valence-corrected chi connectivity index (χ4v) is 4.89. The molecule has 0 saturated carbocycles. The third-order valence-corrected chi connectivity index (χ3v) is 6.41. The molecule has 0 amide bonds. The first-order valence-corrected chi connectivity index (χ1v) is 11.0. The van der Waals surface area contributed by atoms with Crippen molar-refractivity contribution in [2.24, 2.45) is 12.5 Å². The molecule has 0 bridgehead atoms. The van der Waals surface area contributed by atoms with E-state index in [1.54, 1.807) is 10.9 Å². The summed E-state index contributed by atoms with van der Waals surface area (Å²) in [6, 6.07) is 15.4. The molecule has 0 saturated heterocycles. The molecule has 0 radical (unpaired) electrons. The van der Waals surface area contributed by atoms with E-state index < -0.39 is 27.4 Å². The van der Waals surface area contributed by atoms with Crippen molar-refractivity contribution < 1.29 is 21.6 Å². The summed E-state index contributed by atoms with van der Waals surface area (Å²) in [6.45, 7) is 3.54. The Labute approximate surface area is 174 Å². The molecule has 0 aliphatic carbocycles. The molecule has 0 spiro atoms. The third-order valence-electron chi connectivity index (χ3n) is 5.12. The van der Waals surface area contributed by atoms with Crippen LogP contribution < -0.4 is 4.72 Å². The lowest BCUT2D eigenvalue weighted by Gasteiger charge is -2.35. The number of aromatic nitrogens is 2.